The van der Waals surface area contributed by atoms with Gasteiger partial charge in [-0.25, -0.2) is 4.79 Å². The maximum Gasteiger partial charge on any atom is 0.319 e. The van der Waals surface area contributed by atoms with Crippen LogP contribution >= 0.6 is 0 Å². The first kappa shape index (κ1) is 17.7. The Bertz CT molecular complexity index is 644. The van der Waals surface area contributed by atoms with Crippen LogP contribution in [0.4, 0.5) is 16.2 Å². The normalized spacial score (nSPS) is 10.2. The van der Waals surface area contributed by atoms with Crippen LogP contribution in [-0.4, -0.2) is 12.6 Å². The number of hydrogen-bond donors (Lipinski definition) is 3. The van der Waals surface area contributed by atoms with Crippen molar-refractivity contribution in [3.8, 4) is 11.5 Å². The van der Waals surface area contributed by atoms with Gasteiger partial charge in [0.05, 0.1) is 11.4 Å². The number of urea groups is 1. The van der Waals surface area contributed by atoms with Gasteiger partial charge < -0.3 is 21.1 Å². The van der Waals surface area contributed by atoms with Gasteiger partial charge in [0.1, 0.15) is 11.5 Å². The number of nitrogens with two attached hydrogens (primary N) is 1. The smallest absolute Gasteiger partial charge is 0.319 e. The number of hydrogen-bond acceptors (Lipinski definition) is 3. The lowest BCUT2D eigenvalue weighted by atomic mass is 10.2. The molecule has 0 unspecified atom stereocenters. The number of nitrogens with one attached hydrogen (secondary N) is 2. The molecule has 2 amide bonds. The fourth-order valence-corrected chi connectivity index (χ4v) is 2.26. The summed E-state index contributed by atoms with van der Waals surface area (Å²) >= 11 is 0. The number of ether oxygens (including phenoxy) is 1. The topological polar surface area (TPSA) is 76.4 Å². The zero-order valence-electron chi connectivity index (χ0n) is 14.0. The molecule has 0 aliphatic carbocycles. The summed E-state index contributed by atoms with van der Waals surface area (Å²) in [6.45, 7) is 2.83. The van der Waals surface area contributed by atoms with Crippen LogP contribution in [0.1, 0.15) is 32.6 Å². The first-order valence-electron chi connectivity index (χ1n) is 8.36. The summed E-state index contributed by atoms with van der Waals surface area (Å²) < 4.78 is 5.71. The maximum absolute atomic E-state index is 11.9. The van der Waals surface area contributed by atoms with Crippen molar-refractivity contribution >= 4 is 17.4 Å². The number of para-hydroxylation sites is 1. The van der Waals surface area contributed by atoms with Crippen LogP contribution in [0.25, 0.3) is 0 Å². The highest BCUT2D eigenvalue weighted by atomic mass is 16.5. The van der Waals surface area contributed by atoms with Gasteiger partial charge in [-0.15, -0.1) is 0 Å². The van der Waals surface area contributed by atoms with E-state index in [9.17, 15) is 4.79 Å². The lowest BCUT2D eigenvalue weighted by Gasteiger charge is -2.12. The molecule has 0 radical (unpaired) electrons. The fourth-order valence-electron chi connectivity index (χ4n) is 2.26. The Kier molecular flexibility index (Phi) is 6.95. The van der Waals surface area contributed by atoms with Crippen molar-refractivity contribution in [2.45, 2.75) is 32.6 Å². The second-order valence-corrected chi connectivity index (χ2v) is 5.61. The minimum atomic E-state index is -0.241. The summed E-state index contributed by atoms with van der Waals surface area (Å²) in [7, 11) is 0. The van der Waals surface area contributed by atoms with E-state index in [0.29, 0.717) is 23.7 Å². The molecule has 24 heavy (non-hydrogen) atoms. The van der Waals surface area contributed by atoms with E-state index in [4.69, 9.17) is 10.5 Å². The molecule has 0 aliphatic rings. The van der Waals surface area contributed by atoms with Crippen molar-refractivity contribution in [3.63, 3.8) is 0 Å². The summed E-state index contributed by atoms with van der Waals surface area (Å²) in [6.07, 6.45) is 4.49. The molecule has 0 aromatic heterocycles. The lowest BCUT2D eigenvalue weighted by molar-refractivity contribution is 0.252. The van der Waals surface area contributed by atoms with Gasteiger partial charge in [-0.05, 0) is 30.7 Å². The van der Waals surface area contributed by atoms with Gasteiger partial charge in [-0.1, -0.05) is 44.4 Å². The first-order valence-corrected chi connectivity index (χ1v) is 8.36. The number of carbonyl (C=O) groups excluding carboxylic acids is 1. The van der Waals surface area contributed by atoms with E-state index in [0.717, 1.165) is 18.6 Å². The Morgan fingerprint density at radius 1 is 1.04 bits per heavy atom. The number of unbranched alkanes of at least 4 members (excludes halogenated alkanes) is 3. The molecule has 5 heteroatoms. The molecule has 0 aliphatic heterocycles. The number of anilines is 2. The van der Waals surface area contributed by atoms with Crippen molar-refractivity contribution in [3.05, 3.63) is 48.5 Å². The number of nitrogen functional groups attached to an aromatic ring is 1. The van der Waals surface area contributed by atoms with Crippen LogP contribution in [0.3, 0.4) is 0 Å². The van der Waals surface area contributed by atoms with Crippen LogP contribution in [0.2, 0.25) is 0 Å². The second kappa shape index (κ2) is 9.45. The Hall–Kier alpha value is -2.69. The van der Waals surface area contributed by atoms with Crippen LogP contribution in [0, 0.1) is 0 Å². The van der Waals surface area contributed by atoms with E-state index in [1.54, 1.807) is 18.2 Å². The monoisotopic (exact) mass is 327 g/mol. The molecular weight excluding hydrogens is 302 g/mol. The van der Waals surface area contributed by atoms with Gasteiger partial charge in [0.25, 0.3) is 0 Å². The molecule has 2 rings (SSSR count). The van der Waals surface area contributed by atoms with Gasteiger partial charge in [0.2, 0.25) is 0 Å². The number of rotatable bonds is 8. The third kappa shape index (κ3) is 5.83. The number of carbonyl (C=O) groups is 1. The van der Waals surface area contributed by atoms with E-state index in [-0.39, 0.29) is 6.03 Å². The largest absolute Gasteiger partial charge is 0.457 e. The summed E-state index contributed by atoms with van der Waals surface area (Å²) in [5, 5.41) is 5.60. The summed E-state index contributed by atoms with van der Waals surface area (Å²) in [6, 6.07) is 14.4. The average molecular weight is 327 g/mol. The van der Waals surface area contributed by atoms with Crippen LogP contribution in [0.5, 0.6) is 11.5 Å². The Balaban J connectivity index is 1.84. The molecule has 0 atom stereocenters. The second-order valence-electron chi connectivity index (χ2n) is 5.61. The molecule has 0 heterocycles. The quantitative estimate of drug-likeness (QED) is 0.483. The number of amides is 2. The van der Waals surface area contributed by atoms with Crippen LogP contribution in [-0.2, 0) is 0 Å². The standard InChI is InChI=1S/C19H25N3O2/c1-2-3-4-8-13-21-19(23)22-18-12-11-16(14-17(18)20)24-15-9-6-5-7-10-15/h5-7,9-12,14H,2-4,8,13,20H2,1H3,(H2,21,22,23). The van der Waals surface area contributed by atoms with Gasteiger partial charge in [-0.2, -0.15) is 0 Å². The molecule has 0 fully saturated rings. The van der Waals surface area contributed by atoms with E-state index in [2.05, 4.69) is 17.6 Å². The summed E-state index contributed by atoms with van der Waals surface area (Å²) in [5.74, 6) is 1.37. The van der Waals surface area contributed by atoms with E-state index < -0.39 is 0 Å². The minimum Gasteiger partial charge on any atom is -0.457 e. The van der Waals surface area contributed by atoms with Crippen molar-refractivity contribution in [1.29, 1.82) is 0 Å². The van der Waals surface area contributed by atoms with Gasteiger partial charge in [0.15, 0.2) is 0 Å². The average Bonchev–Trinajstić information content (AvgIpc) is 2.58. The highest BCUT2D eigenvalue weighted by Crippen LogP contribution is 2.27. The van der Waals surface area contributed by atoms with Crippen molar-refractivity contribution < 1.29 is 9.53 Å². The zero-order chi connectivity index (χ0) is 17.2. The third-order valence-electron chi connectivity index (χ3n) is 3.57. The Morgan fingerprint density at radius 2 is 1.83 bits per heavy atom. The Morgan fingerprint density at radius 3 is 2.54 bits per heavy atom. The molecule has 5 nitrogen and oxygen atoms in total. The van der Waals surface area contributed by atoms with Crippen LogP contribution in [0.15, 0.2) is 48.5 Å². The zero-order valence-corrected chi connectivity index (χ0v) is 14.0. The highest BCUT2D eigenvalue weighted by Gasteiger charge is 2.06. The molecule has 0 spiro atoms. The van der Waals surface area contributed by atoms with E-state index in [1.165, 1.54) is 12.8 Å². The molecule has 2 aromatic carbocycles. The van der Waals surface area contributed by atoms with Crippen LogP contribution < -0.4 is 21.1 Å². The Labute approximate surface area is 143 Å². The predicted octanol–water partition coefficient (Wildman–Crippen LogP) is 4.76. The highest BCUT2D eigenvalue weighted by molar-refractivity contribution is 5.92. The predicted molar refractivity (Wildman–Crippen MR) is 98.5 cm³/mol. The minimum absolute atomic E-state index is 0.241. The van der Waals surface area contributed by atoms with Gasteiger partial charge in [0, 0.05) is 12.6 Å². The molecule has 0 saturated carbocycles. The molecular formula is C19H25N3O2. The SMILES string of the molecule is CCCCCCNC(=O)Nc1ccc(Oc2ccccc2)cc1N. The molecule has 128 valence electrons. The first-order chi connectivity index (χ1) is 11.7. The maximum atomic E-state index is 11.9. The summed E-state index contributed by atoms with van der Waals surface area (Å²) in [5.41, 5.74) is 7.03. The fraction of sp³-hybridized carbons (Fsp3) is 0.316. The number of benzene rings is 2. The molecule has 4 N–H and O–H groups in total. The molecule has 0 saturated heterocycles. The van der Waals surface area contributed by atoms with Crippen molar-refractivity contribution in [1.82, 2.24) is 5.32 Å². The van der Waals surface area contributed by atoms with E-state index >= 15 is 0 Å². The van der Waals surface area contributed by atoms with Gasteiger partial charge in [-0.3, -0.25) is 0 Å². The van der Waals surface area contributed by atoms with Crippen molar-refractivity contribution in [2.24, 2.45) is 0 Å². The van der Waals surface area contributed by atoms with Gasteiger partial charge >= 0.3 is 6.03 Å². The summed E-state index contributed by atoms with van der Waals surface area (Å²) in [4.78, 5) is 11.9. The molecule has 0 bridgehead atoms. The third-order valence-corrected chi connectivity index (χ3v) is 3.57. The van der Waals surface area contributed by atoms with Crippen molar-refractivity contribution in [2.75, 3.05) is 17.6 Å². The lowest BCUT2D eigenvalue weighted by Crippen LogP contribution is -2.29. The molecule has 2 aromatic rings. The van der Waals surface area contributed by atoms with E-state index in [1.807, 2.05) is 30.3 Å².